The maximum atomic E-state index is 5.48. The number of methoxy groups -OCH3 is 1. The van der Waals surface area contributed by atoms with Crippen molar-refractivity contribution in [2.75, 3.05) is 26.7 Å². The van der Waals surface area contributed by atoms with E-state index in [-0.39, 0.29) is 6.04 Å². The molecule has 0 spiro atoms. The molecule has 1 saturated heterocycles. The van der Waals surface area contributed by atoms with E-state index in [0.29, 0.717) is 0 Å². The smallest absolute Gasteiger partial charge is 0.163 e. The molecule has 1 aliphatic heterocycles. The van der Waals surface area contributed by atoms with Gasteiger partial charge in [-0.15, -0.1) is 0 Å². The van der Waals surface area contributed by atoms with Crippen LogP contribution in [0.5, 0.6) is 5.75 Å². The Morgan fingerprint density at radius 1 is 1.17 bits per heavy atom. The molecule has 3 aromatic rings. The highest BCUT2D eigenvalue weighted by molar-refractivity contribution is 5.81. The van der Waals surface area contributed by atoms with Crippen molar-refractivity contribution >= 4 is 5.65 Å². The first-order valence-corrected chi connectivity index (χ1v) is 7.78. The van der Waals surface area contributed by atoms with Crippen molar-refractivity contribution in [2.24, 2.45) is 0 Å². The van der Waals surface area contributed by atoms with E-state index < -0.39 is 0 Å². The van der Waals surface area contributed by atoms with Gasteiger partial charge in [0.05, 0.1) is 30.6 Å². The summed E-state index contributed by atoms with van der Waals surface area (Å²) in [6, 6.07) is 10.2. The van der Waals surface area contributed by atoms with Crippen LogP contribution in [0.25, 0.3) is 16.8 Å². The number of hydrogen-bond acceptors (Lipinski definition) is 5. The number of aromatic nitrogens is 3. The van der Waals surface area contributed by atoms with Crippen LogP contribution in [-0.4, -0.2) is 41.3 Å². The average Bonchev–Trinajstić information content (AvgIpc) is 3.05. The molecule has 2 N–H and O–H groups in total. The van der Waals surface area contributed by atoms with Crippen LogP contribution in [0.2, 0.25) is 0 Å². The number of hydrogen-bond donors (Lipinski definition) is 2. The van der Waals surface area contributed by atoms with Gasteiger partial charge in [-0.3, -0.25) is 0 Å². The lowest BCUT2D eigenvalue weighted by Gasteiger charge is -2.24. The Bertz CT molecular complexity index is 823. The molecule has 3 heterocycles. The molecule has 0 amide bonds. The second-order valence-corrected chi connectivity index (χ2v) is 5.59. The number of para-hydroxylation sites is 1. The molecule has 1 fully saturated rings. The molecule has 1 unspecified atom stereocenters. The van der Waals surface area contributed by atoms with Crippen molar-refractivity contribution in [3.8, 4) is 16.9 Å². The topological polar surface area (TPSA) is 63.5 Å². The molecular weight excluding hydrogens is 290 g/mol. The highest BCUT2D eigenvalue weighted by Gasteiger charge is 2.18. The normalized spacial score (nSPS) is 18.2. The Hall–Kier alpha value is -2.44. The van der Waals surface area contributed by atoms with Gasteiger partial charge in [0.25, 0.3) is 0 Å². The summed E-state index contributed by atoms with van der Waals surface area (Å²) in [5, 5.41) is 11.3. The summed E-state index contributed by atoms with van der Waals surface area (Å²) in [4.78, 5) is 4.85. The summed E-state index contributed by atoms with van der Waals surface area (Å²) in [6.07, 6.45) is 3.81. The van der Waals surface area contributed by atoms with Crippen molar-refractivity contribution in [3.05, 3.63) is 48.4 Å². The van der Waals surface area contributed by atoms with Crippen LogP contribution in [0, 0.1) is 0 Å². The molecule has 118 valence electrons. The van der Waals surface area contributed by atoms with Gasteiger partial charge in [-0.25, -0.2) is 9.50 Å². The lowest BCUT2D eigenvalue weighted by molar-refractivity contribution is 0.416. The summed E-state index contributed by atoms with van der Waals surface area (Å²) < 4.78 is 7.28. The predicted molar refractivity (Wildman–Crippen MR) is 88.6 cm³/mol. The fourth-order valence-corrected chi connectivity index (χ4v) is 3.00. The Morgan fingerprint density at radius 2 is 2.09 bits per heavy atom. The Morgan fingerprint density at radius 3 is 2.91 bits per heavy atom. The highest BCUT2D eigenvalue weighted by atomic mass is 16.5. The second kappa shape index (κ2) is 5.98. The molecule has 6 nitrogen and oxygen atoms in total. The molecule has 23 heavy (non-hydrogen) atoms. The van der Waals surface area contributed by atoms with Crippen molar-refractivity contribution in [3.63, 3.8) is 0 Å². The molecule has 2 aromatic heterocycles. The number of fused-ring (bicyclic) bond motifs is 1. The van der Waals surface area contributed by atoms with E-state index in [2.05, 4.69) is 15.7 Å². The average molecular weight is 309 g/mol. The zero-order valence-corrected chi connectivity index (χ0v) is 13.0. The van der Waals surface area contributed by atoms with Gasteiger partial charge in [0, 0.05) is 31.4 Å². The zero-order chi connectivity index (χ0) is 15.6. The minimum atomic E-state index is 0.231. The van der Waals surface area contributed by atoms with E-state index in [1.54, 1.807) is 7.11 Å². The minimum absolute atomic E-state index is 0.231. The first-order valence-electron chi connectivity index (χ1n) is 7.78. The monoisotopic (exact) mass is 309 g/mol. The maximum Gasteiger partial charge on any atom is 0.163 e. The van der Waals surface area contributed by atoms with Crippen molar-refractivity contribution in [1.29, 1.82) is 0 Å². The van der Waals surface area contributed by atoms with Crippen LogP contribution in [0.1, 0.15) is 11.7 Å². The summed E-state index contributed by atoms with van der Waals surface area (Å²) in [6.45, 7) is 2.84. The molecule has 4 rings (SSSR count). The molecule has 6 heteroatoms. The lowest BCUT2D eigenvalue weighted by Crippen LogP contribution is -2.43. The number of rotatable bonds is 3. The Kier molecular flexibility index (Phi) is 3.69. The first kappa shape index (κ1) is 14.2. The number of nitrogens with zero attached hydrogens (tertiary/aromatic N) is 3. The first-order chi connectivity index (χ1) is 11.4. The minimum Gasteiger partial charge on any atom is -0.496 e. The maximum absolute atomic E-state index is 5.48. The van der Waals surface area contributed by atoms with Crippen LogP contribution < -0.4 is 15.4 Å². The van der Waals surface area contributed by atoms with E-state index in [0.717, 1.165) is 47.9 Å². The summed E-state index contributed by atoms with van der Waals surface area (Å²) in [5.74, 6) is 0.826. The number of nitrogens with one attached hydrogen (secondary N) is 2. The van der Waals surface area contributed by atoms with Gasteiger partial charge in [-0.05, 0) is 12.1 Å². The van der Waals surface area contributed by atoms with Crippen molar-refractivity contribution in [1.82, 2.24) is 25.2 Å². The summed E-state index contributed by atoms with van der Waals surface area (Å²) >= 11 is 0. The van der Waals surface area contributed by atoms with Gasteiger partial charge < -0.3 is 15.4 Å². The van der Waals surface area contributed by atoms with Crippen LogP contribution in [0.15, 0.2) is 42.7 Å². The van der Waals surface area contributed by atoms with E-state index in [1.807, 2.05) is 47.2 Å². The highest BCUT2D eigenvalue weighted by Crippen LogP contribution is 2.32. The van der Waals surface area contributed by atoms with Gasteiger partial charge in [-0.1, -0.05) is 18.2 Å². The van der Waals surface area contributed by atoms with Crippen molar-refractivity contribution in [2.45, 2.75) is 6.04 Å². The Labute approximate surface area is 134 Å². The quantitative estimate of drug-likeness (QED) is 0.770. The number of piperazine rings is 1. The fraction of sp³-hybridized carbons (Fsp3) is 0.294. The second-order valence-electron chi connectivity index (χ2n) is 5.59. The SMILES string of the molecule is COc1ccccc1-c1cnn2ccc(C3CNCCN3)nc12. The molecule has 1 aliphatic rings. The molecule has 0 saturated carbocycles. The van der Waals surface area contributed by atoms with E-state index in [1.165, 1.54) is 0 Å². The third-order valence-corrected chi connectivity index (χ3v) is 4.19. The van der Waals surface area contributed by atoms with Gasteiger partial charge >= 0.3 is 0 Å². The Balaban J connectivity index is 1.81. The largest absolute Gasteiger partial charge is 0.496 e. The molecule has 1 aromatic carbocycles. The lowest BCUT2D eigenvalue weighted by atomic mass is 10.1. The van der Waals surface area contributed by atoms with E-state index in [4.69, 9.17) is 9.72 Å². The van der Waals surface area contributed by atoms with Gasteiger partial charge in [0.15, 0.2) is 5.65 Å². The molecule has 0 radical (unpaired) electrons. The zero-order valence-electron chi connectivity index (χ0n) is 13.0. The van der Waals surface area contributed by atoms with Crippen LogP contribution in [0.3, 0.4) is 0 Å². The molecule has 0 bridgehead atoms. The van der Waals surface area contributed by atoms with Crippen LogP contribution in [-0.2, 0) is 0 Å². The predicted octanol–water partition coefficient (Wildman–Crippen LogP) is 1.64. The number of benzene rings is 1. The fourth-order valence-electron chi connectivity index (χ4n) is 3.00. The third-order valence-electron chi connectivity index (χ3n) is 4.19. The molecular formula is C17H19N5O. The van der Waals surface area contributed by atoms with Crippen LogP contribution in [0.4, 0.5) is 0 Å². The van der Waals surface area contributed by atoms with E-state index in [9.17, 15) is 0 Å². The van der Waals surface area contributed by atoms with Gasteiger partial charge in [0.2, 0.25) is 0 Å². The van der Waals surface area contributed by atoms with E-state index >= 15 is 0 Å². The molecule has 1 atom stereocenters. The molecule has 0 aliphatic carbocycles. The van der Waals surface area contributed by atoms with Gasteiger partial charge in [0.1, 0.15) is 5.75 Å². The van der Waals surface area contributed by atoms with Crippen LogP contribution >= 0.6 is 0 Å². The third kappa shape index (κ3) is 2.56. The van der Waals surface area contributed by atoms with Crippen molar-refractivity contribution < 1.29 is 4.74 Å². The number of ether oxygens (including phenoxy) is 1. The summed E-state index contributed by atoms with van der Waals surface area (Å²) in [7, 11) is 1.68. The standard InChI is InChI=1S/C17H19N5O/c1-23-16-5-3-2-4-12(16)13-10-20-22-9-6-14(21-17(13)22)15-11-18-7-8-19-15/h2-6,9-10,15,18-19H,7-8,11H2,1H3. The van der Waals surface area contributed by atoms with Gasteiger partial charge in [-0.2, -0.15) is 5.10 Å². The summed E-state index contributed by atoms with van der Waals surface area (Å²) in [5.41, 5.74) is 3.86.